The molecular formula is C10H18O3. The van der Waals surface area contributed by atoms with E-state index < -0.39 is 17.8 Å². The van der Waals surface area contributed by atoms with E-state index in [1.807, 2.05) is 19.9 Å². The van der Waals surface area contributed by atoms with Crippen LogP contribution in [-0.4, -0.2) is 34.6 Å². The second-order valence-corrected chi connectivity index (χ2v) is 4.04. The second-order valence-electron chi connectivity index (χ2n) is 4.04. The lowest BCUT2D eigenvalue weighted by Gasteiger charge is -2.46. The number of rotatable bonds is 3. The van der Waals surface area contributed by atoms with Crippen LogP contribution in [0.25, 0.3) is 0 Å². The Labute approximate surface area is 79.0 Å². The molecule has 0 bridgehead atoms. The molecule has 0 spiro atoms. The van der Waals surface area contributed by atoms with Gasteiger partial charge in [0, 0.05) is 0 Å². The summed E-state index contributed by atoms with van der Waals surface area (Å²) in [4.78, 5) is 0. The molecule has 1 aliphatic heterocycles. The Morgan fingerprint density at radius 3 is 2.62 bits per heavy atom. The summed E-state index contributed by atoms with van der Waals surface area (Å²) in [7, 11) is 0. The minimum Gasteiger partial charge on any atom is -0.390 e. The van der Waals surface area contributed by atoms with Crippen molar-refractivity contribution in [2.24, 2.45) is 0 Å². The van der Waals surface area contributed by atoms with E-state index in [4.69, 9.17) is 4.74 Å². The molecule has 1 fully saturated rings. The number of ether oxygens (including phenoxy) is 1. The zero-order valence-electron chi connectivity index (χ0n) is 8.45. The maximum atomic E-state index is 9.72. The Morgan fingerprint density at radius 1 is 1.69 bits per heavy atom. The average molecular weight is 186 g/mol. The standard InChI is InChI=1S/C10H18O3/c1-7(2)4-5-8(11)10(3)9(12)6-13-10/h4,8-9,11-12H,5-6H2,1-3H3. The Hall–Kier alpha value is -0.380. The van der Waals surface area contributed by atoms with E-state index in [2.05, 4.69) is 0 Å². The fourth-order valence-corrected chi connectivity index (χ4v) is 1.32. The van der Waals surface area contributed by atoms with Gasteiger partial charge < -0.3 is 14.9 Å². The molecule has 0 saturated carbocycles. The van der Waals surface area contributed by atoms with Gasteiger partial charge in [0.2, 0.25) is 0 Å². The summed E-state index contributed by atoms with van der Waals surface area (Å²) in [5.74, 6) is 0. The SMILES string of the molecule is CC(C)=CCC(O)C1(C)OCC1O. The molecule has 0 aromatic carbocycles. The average Bonchev–Trinajstić information content (AvgIpc) is 2.10. The number of aliphatic hydroxyl groups excluding tert-OH is 2. The Kier molecular flexibility index (Phi) is 3.11. The van der Waals surface area contributed by atoms with Gasteiger partial charge in [-0.05, 0) is 27.2 Å². The van der Waals surface area contributed by atoms with E-state index >= 15 is 0 Å². The van der Waals surface area contributed by atoms with Gasteiger partial charge in [0.25, 0.3) is 0 Å². The van der Waals surface area contributed by atoms with E-state index in [9.17, 15) is 10.2 Å². The predicted molar refractivity (Wildman–Crippen MR) is 50.4 cm³/mol. The second kappa shape index (κ2) is 3.78. The lowest BCUT2D eigenvalue weighted by molar-refractivity contribution is -0.267. The number of hydrogen-bond acceptors (Lipinski definition) is 3. The van der Waals surface area contributed by atoms with Crippen molar-refractivity contribution in [2.45, 2.75) is 45.0 Å². The largest absolute Gasteiger partial charge is 0.390 e. The van der Waals surface area contributed by atoms with Crippen LogP contribution in [0, 0.1) is 0 Å². The molecule has 0 aromatic rings. The fourth-order valence-electron chi connectivity index (χ4n) is 1.32. The van der Waals surface area contributed by atoms with Crippen molar-refractivity contribution >= 4 is 0 Å². The number of allylic oxidation sites excluding steroid dienone is 1. The van der Waals surface area contributed by atoms with Crippen molar-refractivity contribution in [3.05, 3.63) is 11.6 Å². The third-order valence-electron chi connectivity index (χ3n) is 2.62. The summed E-state index contributed by atoms with van der Waals surface area (Å²) in [5, 5.41) is 19.1. The molecule has 0 aliphatic carbocycles. The van der Waals surface area contributed by atoms with E-state index in [0.29, 0.717) is 13.0 Å². The molecule has 0 amide bonds. The smallest absolute Gasteiger partial charge is 0.120 e. The zero-order valence-corrected chi connectivity index (χ0v) is 8.45. The summed E-state index contributed by atoms with van der Waals surface area (Å²) in [6, 6.07) is 0. The van der Waals surface area contributed by atoms with E-state index in [-0.39, 0.29) is 0 Å². The van der Waals surface area contributed by atoms with Crippen molar-refractivity contribution in [3.8, 4) is 0 Å². The van der Waals surface area contributed by atoms with Gasteiger partial charge in [-0.2, -0.15) is 0 Å². The van der Waals surface area contributed by atoms with Gasteiger partial charge in [-0.1, -0.05) is 11.6 Å². The third kappa shape index (κ3) is 2.10. The van der Waals surface area contributed by atoms with Gasteiger partial charge in [-0.3, -0.25) is 0 Å². The summed E-state index contributed by atoms with van der Waals surface area (Å²) in [6.07, 6.45) is 1.33. The summed E-state index contributed by atoms with van der Waals surface area (Å²) in [5.41, 5.74) is 0.405. The van der Waals surface area contributed by atoms with Crippen LogP contribution in [-0.2, 0) is 4.74 Å². The van der Waals surface area contributed by atoms with Crippen LogP contribution in [0.3, 0.4) is 0 Å². The minimum absolute atomic E-state index is 0.336. The van der Waals surface area contributed by atoms with Crippen molar-refractivity contribution in [1.29, 1.82) is 0 Å². The highest BCUT2D eigenvalue weighted by atomic mass is 16.6. The lowest BCUT2D eigenvalue weighted by Crippen LogP contribution is -2.62. The van der Waals surface area contributed by atoms with Crippen molar-refractivity contribution in [2.75, 3.05) is 6.61 Å². The summed E-state index contributed by atoms with van der Waals surface area (Å²) >= 11 is 0. The van der Waals surface area contributed by atoms with Crippen molar-refractivity contribution in [1.82, 2.24) is 0 Å². The first-order valence-corrected chi connectivity index (χ1v) is 4.60. The lowest BCUT2D eigenvalue weighted by atomic mass is 9.86. The van der Waals surface area contributed by atoms with Gasteiger partial charge in [0.05, 0.1) is 12.7 Å². The van der Waals surface area contributed by atoms with Crippen LogP contribution in [0.15, 0.2) is 11.6 Å². The van der Waals surface area contributed by atoms with Gasteiger partial charge in [0.15, 0.2) is 0 Å². The fraction of sp³-hybridized carbons (Fsp3) is 0.800. The number of aliphatic hydroxyl groups is 2. The van der Waals surface area contributed by atoms with Crippen LogP contribution in [0.1, 0.15) is 27.2 Å². The molecule has 1 saturated heterocycles. The molecular weight excluding hydrogens is 168 g/mol. The van der Waals surface area contributed by atoms with Crippen LogP contribution in [0.4, 0.5) is 0 Å². The van der Waals surface area contributed by atoms with Crippen LogP contribution in [0.5, 0.6) is 0 Å². The highest BCUT2D eigenvalue weighted by molar-refractivity contribution is 5.03. The molecule has 13 heavy (non-hydrogen) atoms. The summed E-state index contributed by atoms with van der Waals surface area (Å²) in [6.45, 7) is 6.03. The molecule has 3 atom stereocenters. The first-order chi connectivity index (χ1) is 5.97. The quantitative estimate of drug-likeness (QED) is 0.642. The monoisotopic (exact) mass is 186 g/mol. The molecule has 1 rings (SSSR count). The first-order valence-electron chi connectivity index (χ1n) is 4.60. The van der Waals surface area contributed by atoms with Gasteiger partial charge in [-0.25, -0.2) is 0 Å². The molecule has 0 aromatic heterocycles. The molecule has 2 N–H and O–H groups in total. The predicted octanol–water partition coefficient (Wildman–Crippen LogP) is 0.853. The topological polar surface area (TPSA) is 49.7 Å². The molecule has 3 heteroatoms. The molecule has 3 nitrogen and oxygen atoms in total. The third-order valence-corrected chi connectivity index (χ3v) is 2.62. The zero-order chi connectivity index (χ0) is 10.1. The Bertz CT molecular complexity index is 208. The molecule has 76 valence electrons. The summed E-state index contributed by atoms with van der Waals surface area (Å²) < 4.78 is 5.20. The van der Waals surface area contributed by atoms with E-state index in [1.54, 1.807) is 6.92 Å². The molecule has 1 heterocycles. The highest BCUT2D eigenvalue weighted by Crippen LogP contribution is 2.31. The maximum absolute atomic E-state index is 9.72. The van der Waals surface area contributed by atoms with Crippen LogP contribution < -0.4 is 0 Å². The molecule has 1 aliphatic rings. The van der Waals surface area contributed by atoms with E-state index in [1.165, 1.54) is 0 Å². The minimum atomic E-state index is -0.758. The van der Waals surface area contributed by atoms with Crippen LogP contribution >= 0.6 is 0 Å². The van der Waals surface area contributed by atoms with Crippen molar-refractivity contribution in [3.63, 3.8) is 0 Å². The first kappa shape index (κ1) is 10.7. The Morgan fingerprint density at radius 2 is 2.31 bits per heavy atom. The van der Waals surface area contributed by atoms with Crippen LogP contribution in [0.2, 0.25) is 0 Å². The van der Waals surface area contributed by atoms with Crippen molar-refractivity contribution < 1.29 is 14.9 Å². The Balaban J connectivity index is 2.47. The van der Waals surface area contributed by atoms with Gasteiger partial charge in [0.1, 0.15) is 11.7 Å². The molecule has 0 radical (unpaired) electrons. The maximum Gasteiger partial charge on any atom is 0.120 e. The van der Waals surface area contributed by atoms with Gasteiger partial charge in [-0.15, -0.1) is 0 Å². The van der Waals surface area contributed by atoms with Gasteiger partial charge >= 0.3 is 0 Å². The number of hydrogen-bond donors (Lipinski definition) is 2. The highest BCUT2D eigenvalue weighted by Gasteiger charge is 2.48. The normalized spacial score (nSPS) is 35.0. The molecule has 3 unspecified atom stereocenters. The van der Waals surface area contributed by atoms with E-state index in [0.717, 1.165) is 5.57 Å².